The number of rotatable bonds is 5. The van der Waals surface area contributed by atoms with Crippen LogP contribution in [0.25, 0.3) is 0 Å². The minimum atomic E-state index is 0.112. The lowest BCUT2D eigenvalue weighted by Gasteiger charge is -2.16. The van der Waals surface area contributed by atoms with Crippen molar-refractivity contribution in [3.8, 4) is 0 Å². The zero-order valence-corrected chi connectivity index (χ0v) is 9.57. The van der Waals surface area contributed by atoms with Crippen molar-refractivity contribution >= 4 is 17.5 Å². The Morgan fingerprint density at radius 2 is 2.33 bits per heavy atom. The van der Waals surface area contributed by atoms with Crippen LogP contribution < -0.4 is 0 Å². The molecule has 0 aliphatic carbocycles. The molecule has 0 aliphatic heterocycles. The van der Waals surface area contributed by atoms with Crippen LogP contribution in [0.1, 0.15) is 18.5 Å². The number of hydrogen-bond donors (Lipinski definition) is 0. The number of nitrogens with zero attached hydrogens (tertiary/aromatic N) is 2. The van der Waals surface area contributed by atoms with E-state index in [2.05, 4.69) is 4.98 Å². The number of alkyl halides is 1. The van der Waals surface area contributed by atoms with Crippen molar-refractivity contribution in [2.75, 3.05) is 12.9 Å². The molecule has 0 aliphatic rings. The maximum absolute atomic E-state index is 11.5. The third-order valence-corrected chi connectivity index (χ3v) is 2.34. The van der Waals surface area contributed by atoms with Gasteiger partial charge in [-0.2, -0.15) is 0 Å². The van der Waals surface area contributed by atoms with Crippen molar-refractivity contribution in [1.29, 1.82) is 0 Å². The van der Waals surface area contributed by atoms with Crippen molar-refractivity contribution < 1.29 is 4.79 Å². The van der Waals surface area contributed by atoms with E-state index in [1.165, 1.54) is 0 Å². The van der Waals surface area contributed by atoms with Gasteiger partial charge >= 0.3 is 0 Å². The highest BCUT2D eigenvalue weighted by atomic mass is 35.5. The maximum Gasteiger partial charge on any atom is 0.222 e. The van der Waals surface area contributed by atoms with E-state index in [-0.39, 0.29) is 5.91 Å². The van der Waals surface area contributed by atoms with Gasteiger partial charge < -0.3 is 4.90 Å². The fourth-order valence-electron chi connectivity index (χ4n) is 1.23. The van der Waals surface area contributed by atoms with Crippen LogP contribution in [-0.2, 0) is 11.3 Å². The first-order chi connectivity index (χ1) is 7.24. The third kappa shape index (κ3) is 4.30. The van der Waals surface area contributed by atoms with Crippen molar-refractivity contribution in [3.63, 3.8) is 0 Å². The molecule has 15 heavy (non-hydrogen) atoms. The summed E-state index contributed by atoms with van der Waals surface area (Å²) in [5.41, 5.74) is 0.902. The molecule has 0 atom stereocenters. The van der Waals surface area contributed by atoms with E-state index in [0.29, 0.717) is 18.8 Å². The van der Waals surface area contributed by atoms with Gasteiger partial charge in [-0.1, -0.05) is 6.07 Å². The Labute approximate surface area is 95.1 Å². The maximum atomic E-state index is 11.5. The van der Waals surface area contributed by atoms with Crippen LogP contribution in [0.2, 0.25) is 0 Å². The summed E-state index contributed by atoms with van der Waals surface area (Å²) in [6.45, 7) is 0.557. The molecule has 0 bridgehead atoms. The van der Waals surface area contributed by atoms with Gasteiger partial charge in [0.1, 0.15) is 0 Å². The monoisotopic (exact) mass is 226 g/mol. The van der Waals surface area contributed by atoms with Gasteiger partial charge in [-0.15, -0.1) is 11.6 Å². The smallest absolute Gasteiger partial charge is 0.222 e. The second-order valence-corrected chi connectivity index (χ2v) is 3.74. The first-order valence-electron chi connectivity index (χ1n) is 4.94. The fraction of sp³-hybridized carbons (Fsp3) is 0.455. The molecule has 1 heterocycles. The molecule has 0 saturated carbocycles. The van der Waals surface area contributed by atoms with E-state index in [0.717, 1.165) is 12.1 Å². The van der Waals surface area contributed by atoms with Crippen LogP contribution in [0.3, 0.4) is 0 Å². The van der Waals surface area contributed by atoms with Crippen LogP contribution >= 0.6 is 11.6 Å². The molecule has 0 N–H and O–H groups in total. The molecule has 0 aromatic carbocycles. The molecule has 0 spiro atoms. The molecule has 1 amide bonds. The Bertz CT molecular complexity index is 303. The molecule has 4 heteroatoms. The van der Waals surface area contributed by atoms with Crippen molar-refractivity contribution in [2.24, 2.45) is 0 Å². The van der Waals surface area contributed by atoms with E-state index in [1.54, 1.807) is 18.1 Å². The summed E-state index contributed by atoms with van der Waals surface area (Å²) in [4.78, 5) is 17.4. The Morgan fingerprint density at radius 1 is 1.53 bits per heavy atom. The van der Waals surface area contributed by atoms with Crippen molar-refractivity contribution in [2.45, 2.75) is 19.4 Å². The molecular formula is C11H15ClN2O. The molecule has 0 fully saturated rings. The van der Waals surface area contributed by atoms with E-state index in [9.17, 15) is 4.79 Å². The highest BCUT2D eigenvalue weighted by Crippen LogP contribution is 2.02. The zero-order chi connectivity index (χ0) is 11.1. The summed E-state index contributed by atoms with van der Waals surface area (Å²) in [7, 11) is 1.78. The average molecular weight is 227 g/mol. The minimum absolute atomic E-state index is 0.112. The van der Waals surface area contributed by atoms with E-state index < -0.39 is 0 Å². The third-order valence-electron chi connectivity index (χ3n) is 2.08. The molecule has 1 rings (SSSR count). The lowest BCUT2D eigenvalue weighted by atomic mass is 10.3. The van der Waals surface area contributed by atoms with Gasteiger partial charge in [0.05, 0.1) is 12.2 Å². The number of aromatic nitrogens is 1. The standard InChI is InChI=1S/C11H15ClN2O/c1-14(11(15)6-4-7-12)9-10-5-2-3-8-13-10/h2-3,5,8H,4,6-7,9H2,1H3. The summed E-state index contributed by atoms with van der Waals surface area (Å²) < 4.78 is 0. The number of carbonyl (C=O) groups is 1. The SMILES string of the molecule is CN(Cc1ccccn1)C(=O)CCCCl. The highest BCUT2D eigenvalue weighted by molar-refractivity contribution is 6.17. The van der Waals surface area contributed by atoms with Gasteiger partial charge in [-0.05, 0) is 18.6 Å². The number of pyridine rings is 1. The van der Waals surface area contributed by atoms with Gasteiger partial charge in [0, 0.05) is 25.5 Å². The Morgan fingerprint density at radius 3 is 2.93 bits per heavy atom. The average Bonchev–Trinajstić information content (AvgIpc) is 2.27. The number of carbonyl (C=O) groups excluding carboxylic acids is 1. The summed E-state index contributed by atoms with van der Waals surface area (Å²) in [5, 5.41) is 0. The Hall–Kier alpha value is -1.09. The van der Waals surface area contributed by atoms with Gasteiger partial charge in [0.2, 0.25) is 5.91 Å². The molecule has 0 unspecified atom stereocenters. The molecule has 0 radical (unpaired) electrons. The first kappa shape index (κ1) is 12.0. The van der Waals surface area contributed by atoms with Gasteiger partial charge in [0.15, 0.2) is 0 Å². The first-order valence-corrected chi connectivity index (χ1v) is 5.47. The Balaban J connectivity index is 2.41. The molecule has 1 aromatic heterocycles. The molecule has 82 valence electrons. The molecule has 3 nitrogen and oxygen atoms in total. The van der Waals surface area contributed by atoms with E-state index in [1.807, 2.05) is 18.2 Å². The Kier molecular flexibility index (Phi) is 5.12. The summed E-state index contributed by atoms with van der Waals surface area (Å²) >= 11 is 5.53. The van der Waals surface area contributed by atoms with Crippen LogP contribution in [-0.4, -0.2) is 28.7 Å². The van der Waals surface area contributed by atoms with Gasteiger partial charge in [-0.3, -0.25) is 9.78 Å². The summed E-state index contributed by atoms with van der Waals surface area (Å²) in [6, 6.07) is 5.68. The lowest BCUT2D eigenvalue weighted by molar-refractivity contribution is -0.130. The predicted molar refractivity (Wildman–Crippen MR) is 60.7 cm³/mol. The largest absolute Gasteiger partial charge is 0.340 e. The number of halogens is 1. The van der Waals surface area contributed by atoms with Crippen LogP contribution in [0.5, 0.6) is 0 Å². The summed E-state index contributed by atoms with van der Waals surface area (Å²) in [5.74, 6) is 0.643. The second kappa shape index (κ2) is 6.40. The predicted octanol–water partition coefficient (Wildman–Crippen LogP) is 2.06. The zero-order valence-electron chi connectivity index (χ0n) is 8.82. The topological polar surface area (TPSA) is 33.2 Å². The fourth-order valence-corrected chi connectivity index (χ4v) is 1.37. The van der Waals surface area contributed by atoms with E-state index in [4.69, 9.17) is 11.6 Å². The summed E-state index contributed by atoms with van der Waals surface area (Å²) in [6.07, 6.45) is 2.96. The van der Waals surface area contributed by atoms with Gasteiger partial charge in [0.25, 0.3) is 0 Å². The highest BCUT2D eigenvalue weighted by Gasteiger charge is 2.08. The molecule has 1 aromatic rings. The second-order valence-electron chi connectivity index (χ2n) is 3.36. The van der Waals surface area contributed by atoms with E-state index >= 15 is 0 Å². The van der Waals surface area contributed by atoms with Crippen molar-refractivity contribution in [1.82, 2.24) is 9.88 Å². The van der Waals surface area contributed by atoms with Crippen LogP contribution in [0.4, 0.5) is 0 Å². The van der Waals surface area contributed by atoms with Crippen molar-refractivity contribution in [3.05, 3.63) is 30.1 Å². The van der Waals surface area contributed by atoms with Gasteiger partial charge in [-0.25, -0.2) is 0 Å². The minimum Gasteiger partial charge on any atom is -0.340 e. The number of amides is 1. The normalized spacial score (nSPS) is 10.0. The van der Waals surface area contributed by atoms with Crippen LogP contribution in [0, 0.1) is 0 Å². The molecular weight excluding hydrogens is 212 g/mol. The lowest BCUT2D eigenvalue weighted by Crippen LogP contribution is -2.26. The molecule has 0 saturated heterocycles. The van der Waals surface area contributed by atoms with Crippen LogP contribution in [0.15, 0.2) is 24.4 Å². The quantitative estimate of drug-likeness (QED) is 0.721. The number of hydrogen-bond acceptors (Lipinski definition) is 2.